The van der Waals surface area contributed by atoms with Gasteiger partial charge in [-0.3, -0.25) is 14.6 Å². The maximum Gasteiger partial charge on any atom is 0.317 e. The Morgan fingerprint density at radius 2 is 1.89 bits per heavy atom. The van der Waals surface area contributed by atoms with Crippen molar-refractivity contribution in [2.75, 3.05) is 32.7 Å². The van der Waals surface area contributed by atoms with Gasteiger partial charge in [-0.1, -0.05) is 6.07 Å². The molecule has 1 N–H and O–H groups in total. The van der Waals surface area contributed by atoms with Crippen LogP contribution in [-0.2, 0) is 11.3 Å². The second-order valence-corrected chi connectivity index (χ2v) is 5.55. The SMILES string of the molecule is O=C(O)CN1CCN(Cc2ccc(F)c(Br)c2)CC1. The first-order chi connectivity index (χ1) is 9.04. The van der Waals surface area contributed by atoms with E-state index >= 15 is 0 Å². The summed E-state index contributed by atoms with van der Waals surface area (Å²) >= 11 is 3.18. The average Bonchev–Trinajstić information content (AvgIpc) is 2.36. The van der Waals surface area contributed by atoms with E-state index in [1.165, 1.54) is 6.07 Å². The summed E-state index contributed by atoms with van der Waals surface area (Å²) in [6.45, 7) is 4.06. The minimum absolute atomic E-state index is 0.107. The van der Waals surface area contributed by atoms with Crippen LogP contribution in [0.15, 0.2) is 22.7 Å². The van der Waals surface area contributed by atoms with Gasteiger partial charge in [0.25, 0.3) is 0 Å². The number of nitrogens with zero attached hydrogens (tertiary/aromatic N) is 2. The van der Waals surface area contributed by atoms with Crippen LogP contribution in [0.2, 0.25) is 0 Å². The standard InChI is InChI=1S/C13H16BrFN2O2/c14-11-7-10(1-2-12(11)15)8-16-3-5-17(6-4-16)9-13(18)19/h1-2,7H,3-6,8-9H2,(H,18,19). The molecule has 0 aliphatic carbocycles. The number of carboxylic acids is 1. The number of benzene rings is 1. The van der Waals surface area contributed by atoms with Crippen molar-refractivity contribution < 1.29 is 14.3 Å². The van der Waals surface area contributed by atoms with Gasteiger partial charge in [-0.15, -0.1) is 0 Å². The zero-order valence-electron chi connectivity index (χ0n) is 10.5. The molecule has 0 radical (unpaired) electrons. The third-order valence-corrected chi connectivity index (χ3v) is 3.82. The number of aliphatic carboxylic acids is 1. The average molecular weight is 331 g/mol. The first-order valence-electron chi connectivity index (χ1n) is 6.15. The molecule has 1 heterocycles. The number of piperazine rings is 1. The second kappa shape index (κ2) is 6.45. The van der Waals surface area contributed by atoms with Gasteiger partial charge < -0.3 is 5.11 Å². The van der Waals surface area contributed by atoms with Crippen molar-refractivity contribution in [1.29, 1.82) is 0 Å². The van der Waals surface area contributed by atoms with Crippen LogP contribution in [0.1, 0.15) is 5.56 Å². The molecule has 0 aromatic heterocycles. The molecular formula is C13H16BrFN2O2. The van der Waals surface area contributed by atoms with Crippen molar-refractivity contribution in [1.82, 2.24) is 9.80 Å². The zero-order valence-corrected chi connectivity index (χ0v) is 12.1. The normalized spacial score (nSPS) is 17.6. The Hall–Kier alpha value is -0.980. The number of rotatable bonds is 4. The number of hydrogen-bond donors (Lipinski definition) is 1. The third-order valence-electron chi connectivity index (χ3n) is 3.21. The Morgan fingerprint density at radius 3 is 2.47 bits per heavy atom. The Bertz CT molecular complexity index is 462. The highest BCUT2D eigenvalue weighted by molar-refractivity contribution is 9.10. The number of hydrogen-bond acceptors (Lipinski definition) is 3. The molecule has 1 saturated heterocycles. The van der Waals surface area contributed by atoms with Crippen LogP contribution >= 0.6 is 15.9 Å². The van der Waals surface area contributed by atoms with Gasteiger partial charge in [-0.05, 0) is 33.6 Å². The molecule has 0 saturated carbocycles. The van der Waals surface area contributed by atoms with Gasteiger partial charge in [-0.25, -0.2) is 4.39 Å². The van der Waals surface area contributed by atoms with Gasteiger partial charge in [-0.2, -0.15) is 0 Å². The summed E-state index contributed by atoms with van der Waals surface area (Å²) in [6.07, 6.45) is 0. The Kier molecular flexibility index (Phi) is 4.90. The van der Waals surface area contributed by atoms with E-state index in [9.17, 15) is 9.18 Å². The molecule has 0 spiro atoms. The minimum atomic E-state index is -0.782. The third kappa shape index (κ3) is 4.26. The van der Waals surface area contributed by atoms with Crippen LogP contribution in [0, 0.1) is 5.82 Å². The Labute approximate surface area is 119 Å². The molecule has 1 aromatic rings. The summed E-state index contributed by atoms with van der Waals surface area (Å²) in [6, 6.07) is 5.03. The fourth-order valence-electron chi connectivity index (χ4n) is 2.19. The van der Waals surface area contributed by atoms with Gasteiger partial charge >= 0.3 is 5.97 Å². The predicted molar refractivity (Wildman–Crippen MR) is 73.5 cm³/mol. The van der Waals surface area contributed by atoms with Gasteiger partial charge in [0.2, 0.25) is 0 Å². The highest BCUT2D eigenvalue weighted by Gasteiger charge is 2.18. The lowest BCUT2D eigenvalue weighted by molar-refractivity contribution is -0.138. The van der Waals surface area contributed by atoms with E-state index in [0.717, 1.165) is 38.3 Å². The fraction of sp³-hybridized carbons (Fsp3) is 0.462. The van der Waals surface area contributed by atoms with Crippen molar-refractivity contribution in [3.05, 3.63) is 34.1 Å². The topological polar surface area (TPSA) is 43.8 Å². The largest absolute Gasteiger partial charge is 0.480 e. The summed E-state index contributed by atoms with van der Waals surface area (Å²) < 4.78 is 13.6. The fourth-order valence-corrected chi connectivity index (χ4v) is 2.62. The summed E-state index contributed by atoms with van der Waals surface area (Å²) in [5.74, 6) is -1.04. The van der Waals surface area contributed by atoms with E-state index in [2.05, 4.69) is 20.8 Å². The lowest BCUT2D eigenvalue weighted by Gasteiger charge is -2.33. The monoisotopic (exact) mass is 330 g/mol. The maximum atomic E-state index is 13.1. The molecule has 1 aliphatic heterocycles. The quantitative estimate of drug-likeness (QED) is 0.914. The van der Waals surface area contributed by atoms with E-state index in [-0.39, 0.29) is 12.4 Å². The summed E-state index contributed by atoms with van der Waals surface area (Å²) in [5, 5.41) is 8.73. The van der Waals surface area contributed by atoms with E-state index in [0.29, 0.717) is 4.47 Å². The van der Waals surface area contributed by atoms with E-state index in [1.54, 1.807) is 12.1 Å². The van der Waals surface area contributed by atoms with Crippen molar-refractivity contribution in [3.8, 4) is 0 Å². The summed E-state index contributed by atoms with van der Waals surface area (Å²) in [4.78, 5) is 14.8. The number of carbonyl (C=O) groups is 1. The van der Waals surface area contributed by atoms with Gasteiger partial charge in [0.1, 0.15) is 5.82 Å². The summed E-state index contributed by atoms with van der Waals surface area (Å²) in [5.41, 5.74) is 1.06. The molecule has 2 rings (SSSR count). The second-order valence-electron chi connectivity index (χ2n) is 4.69. The zero-order chi connectivity index (χ0) is 13.8. The number of halogens is 2. The van der Waals surface area contributed by atoms with Gasteiger partial charge in [0.15, 0.2) is 0 Å². The molecular weight excluding hydrogens is 315 g/mol. The molecule has 0 amide bonds. The Morgan fingerprint density at radius 1 is 1.26 bits per heavy atom. The lowest BCUT2D eigenvalue weighted by Crippen LogP contribution is -2.47. The first kappa shape index (κ1) is 14.4. The maximum absolute atomic E-state index is 13.1. The highest BCUT2D eigenvalue weighted by Crippen LogP contribution is 2.18. The molecule has 4 nitrogen and oxygen atoms in total. The molecule has 19 heavy (non-hydrogen) atoms. The first-order valence-corrected chi connectivity index (χ1v) is 6.94. The molecule has 6 heteroatoms. The molecule has 1 fully saturated rings. The van der Waals surface area contributed by atoms with Crippen molar-refractivity contribution >= 4 is 21.9 Å². The van der Waals surface area contributed by atoms with E-state index in [4.69, 9.17) is 5.11 Å². The van der Waals surface area contributed by atoms with E-state index < -0.39 is 5.97 Å². The lowest BCUT2D eigenvalue weighted by atomic mass is 10.2. The molecule has 104 valence electrons. The van der Waals surface area contributed by atoms with Crippen LogP contribution in [0.5, 0.6) is 0 Å². The molecule has 1 aliphatic rings. The van der Waals surface area contributed by atoms with Gasteiger partial charge in [0.05, 0.1) is 11.0 Å². The van der Waals surface area contributed by atoms with Crippen molar-refractivity contribution in [3.63, 3.8) is 0 Å². The molecule has 1 aromatic carbocycles. The van der Waals surface area contributed by atoms with Crippen LogP contribution in [0.25, 0.3) is 0 Å². The Balaban J connectivity index is 1.85. The van der Waals surface area contributed by atoms with Crippen LogP contribution in [-0.4, -0.2) is 53.6 Å². The number of carboxylic acid groups (broad SMARTS) is 1. The predicted octanol–water partition coefficient (Wildman–Crippen LogP) is 1.79. The van der Waals surface area contributed by atoms with Crippen molar-refractivity contribution in [2.24, 2.45) is 0 Å². The minimum Gasteiger partial charge on any atom is -0.480 e. The van der Waals surface area contributed by atoms with Crippen LogP contribution in [0.3, 0.4) is 0 Å². The van der Waals surface area contributed by atoms with Crippen LogP contribution in [0.4, 0.5) is 4.39 Å². The van der Waals surface area contributed by atoms with Gasteiger partial charge in [0, 0.05) is 32.7 Å². The molecule has 0 bridgehead atoms. The van der Waals surface area contributed by atoms with Crippen LogP contribution < -0.4 is 0 Å². The molecule has 0 atom stereocenters. The van der Waals surface area contributed by atoms with Crippen molar-refractivity contribution in [2.45, 2.75) is 6.54 Å². The summed E-state index contributed by atoms with van der Waals surface area (Å²) in [7, 11) is 0. The smallest absolute Gasteiger partial charge is 0.317 e. The van der Waals surface area contributed by atoms with E-state index in [1.807, 2.05) is 4.90 Å². The molecule has 0 unspecified atom stereocenters. The highest BCUT2D eigenvalue weighted by atomic mass is 79.9.